The van der Waals surface area contributed by atoms with Crippen molar-refractivity contribution in [3.8, 4) is 0 Å². The van der Waals surface area contributed by atoms with E-state index in [1.165, 1.54) is 11.3 Å². The summed E-state index contributed by atoms with van der Waals surface area (Å²) in [5.74, 6) is 0.409. The highest BCUT2D eigenvalue weighted by molar-refractivity contribution is 9.12. The molecule has 0 bridgehead atoms. The number of halogens is 3. The minimum Gasteiger partial charge on any atom is -0.352 e. The van der Waals surface area contributed by atoms with Crippen molar-refractivity contribution in [1.82, 2.24) is 5.32 Å². The van der Waals surface area contributed by atoms with Gasteiger partial charge in [0.15, 0.2) is 0 Å². The van der Waals surface area contributed by atoms with Gasteiger partial charge in [-0.1, -0.05) is 22.9 Å². The molecule has 0 fully saturated rings. The first-order valence-electron chi connectivity index (χ1n) is 4.33. The van der Waals surface area contributed by atoms with Crippen LogP contribution in [0.2, 0.25) is 0 Å². The normalized spacial score (nSPS) is 12.5. The molecular formula is C9H10Br3NOS. The number of nitrogens with one attached hydrogen (secondary N) is 1. The zero-order chi connectivity index (χ0) is 11.4. The first-order chi connectivity index (χ1) is 7.04. The second-order valence-electron chi connectivity index (χ2n) is 3.21. The van der Waals surface area contributed by atoms with Gasteiger partial charge in [-0.2, -0.15) is 0 Å². The van der Waals surface area contributed by atoms with Crippen LogP contribution in [-0.2, 0) is 0 Å². The van der Waals surface area contributed by atoms with Crippen LogP contribution in [0.5, 0.6) is 0 Å². The zero-order valence-electron chi connectivity index (χ0n) is 8.02. The molecule has 1 amide bonds. The standard InChI is InChI=1S/C9H10Br3NOS/c1-5(3-10)4-13-9(14)6-2-7(11)15-8(6)12/h2,5H,3-4H2,1H3,(H,13,14). The second-order valence-corrected chi connectivity index (χ2v) is 7.60. The largest absolute Gasteiger partial charge is 0.352 e. The van der Waals surface area contributed by atoms with E-state index >= 15 is 0 Å². The molecule has 0 spiro atoms. The molecule has 0 aromatic carbocycles. The Morgan fingerprint density at radius 3 is 2.73 bits per heavy atom. The van der Waals surface area contributed by atoms with Crippen molar-refractivity contribution in [2.45, 2.75) is 6.92 Å². The number of hydrogen-bond donors (Lipinski definition) is 1. The van der Waals surface area contributed by atoms with Crippen molar-refractivity contribution in [2.24, 2.45) is 5.92 Å². The smallest absolute Gasteiger partial charge is 0.253 e. The maximum Gasteiger partial charge on any atom is 0.253 e. The van der Waals surface area contributed by atoms with Crippen LogP contribution >= 0.6 is 59.1 Å². The Labute approximate surface area is 118 Å². The molecule has 1 aromatic rings. The lowest BCUT2D eigenvalue weighted by Gasteiger charge is -2.08. The van der Waals surface area contributed by atoms with E-state index in [9.17, 15) is 4.79 Å². The van der Waals surface area contributed by atoms with Crippen molar-refractivity contribution in [3.05, 3.63) is 19.2 Å². The highest BCUT2D eigenvalue weighted by atomic mass is 79.9. The summed E-state index contributed by atoms with van der Waals surface area (Å²) in [6.45, 7) is 2.76. The number of hydrogen-bond acceptors (Lipinski definition) is 2. The lowest BCUT2D eigenvalue weighted by atomic mass is 10.2. The summed E-state index contributed by atoms with van der Waals surface area (Å²) in [5, 5.41) is 3.78. The Balaban J connectivity index is 2.58. The van der Waals surface area contributed by atoms with E-state index < -0.39 is 0 Å². The Bertz CT molecular complexity index is 353. The molecule has 0 aliphatic heterocycles. The second kappa shape index (κ2) is 6.37. The van der Waals surface area contributed by atoms with Crippen molar-refractivity contribution < 1.29 is 4.79 Å². The van der Waals surface area contributed by atoms with E-state index in [0.717, 1.165) is 12.9 Å². The first-order valence-corrected chi connectivity index (χ1v) is 7.86. The maximum absolute atomic E-state index is 11.7. The first kappa shape index (κ1) is 13.7. The van der Waals surface area contributed by atoms with E-state index in [1.807, 2.05) is 6.07 Å². The van der Waals surface area contributed by atoms with Gasteiger partial charge in [0.25, 0.3) is 5.91 Å². The number of rotatable bonds is 4. The summed E-state index contributed by atoms with van der Waals surface area (Å²) in [6.07, 6.45) is 0. The van der Waals surface area contributed by atoms with E-state index in [4.69, 9.17) is 0 Å². The fraction of sp³-hybridized carbons (Fsp3) is 0.444. The molecule has 0 aliphatic carbocycles. The summed E-state index contributed by atoms with van der Waals surface area (Å²) >= 11 is 11.6. The minimum atomic E-state index is -0.0309. The molecule has 1 aromatic heterocycles. The fourth-order valence-electron chi connectivity index (χ4n) is 0.912. The van der Waals surface area contributed by atoms with Gasteiger partial charge >= 0.3 is 0 Å². The average Bonchev–Trinajstić information content (AvgIpc) is 2.53. The van der Waals surface area contributed by atoms with Gasteiger partial charge in [0.05, 0.1) is 13.1 Å². The molecule has 1 heterocycles. The highest BCUT2D eigenvalue weighted by Gasteiger charge is 2.13. The van der Waals surface area contributed by atoms with E-state index in [0.29, 0.717) is 18.0 Å². The van der Waals surface area contributed by atoms with Crippen LogP contribution in [-0.4, -0.2) is 17.8 Å². The quantitative estimate of drug-likeness (QED) is 0.733. The molecule has 0 saturated carbocycles. The maximum atomic E-state index is 11.7. The van der Waals surface area contributed by atoms with Crippen LogP contribution in [0.1, 0.15) is 17.3 Å². The van der Waals surface area contributed by atoms with Crippen LogP contribution in [0, 0.1) is 5.92 Å². The Morgan fingerprint density at radius 1 is 1.60 bits per heavy atom. The topological polar surface area (TPSA) is 29.1 Å². The van der Waals surface area contributed by atoms with E-state index in [-0.39, 0.29) is 5.91 Å². The van der Waals surface area contributed by atoms with Crippen LogP contribution in [0.4, 0.5) is 0 Å². The third kappa shape index (κ3) is 4.17. The molecule has 15 heavy (non-hydrogen) atoms. The van der Waals surface area contributed by atoms with Crippen molar-refractivity contribution in [3.63, 3.8) is 0 Å². The van der Waals surface area contributed by atoms with Gasteiger partial charge < -0.3 is 5.32 Å². The minimum absolute atomic E-state index is 0.0309. The monoisotopic (exact) mass is 417 g/mol. The predicted molar refractivity (Wildman–Crippen MR) is 75.0 cm³/mol. The lowest BCUT2D eigenvalue weighted by molar-refractivity contribution is 0.0949. The van der Waals surface area contributed by atoms with Gasteiger partial charge in [-0.15, -0.1) is 11.3 Å². The van der Waals surface area contributed by atoms with Crippen molar-refractivity contribution in [1.29, 1.82) is 0 Å². The van der Waals surface area contributed by atoms with Crippen LogP contribution in [0.3, 0.4) is 0 Å². The molecule has 0 aliphatic rings. The molecule has 1 unspecified atom stereocenters. The molecule has 84 valence electrons. The Hall–Kier alpha value is 0.610. The summed E-state index contributed by atoms with van der Waals surface area (Å²) in [5.41, 5.74) is 0.689. The third-order valence-corrected chi connectivity index (χ3v) is 5.22. The molecule has 6 heteroatoms. The van der Waals surface area contributed by atoms with Gasteiger partial charge in [0, 0.05) is 11.9 Å². The Morgan fingerprint density at radius 2 is 2.27 bits per heavy atom. The number of amides is 1. The number of alkyl halides is 1. The van der Waals surface area contributed by atoms with Crippen LogP contribution in [0.15, 0.2) is 13.6 Å². The number of carbonyl (C=O) groups is 1. The molecule has 1 rings (SSSR count). The van der Waals surface area contributed by atoms with Gasteiger partial charge in [0.1, 0.15) is 0 Å². The van der Waals surface area contributed by atoms with Gasteiger partial charge in [-0.05, 0) is 43.8 Å². The van der Waals surface area contributed by atoms with Gasteiger partial charge in [-0.3, -0.25) is 4.79 Å². The molecule has 1 atom stereocenters. The summed E-state index contributed by atoms with van der Waals surface area (Å²) < 4.78 is 1.81. The van der Waals surface area contributed by atoms with Crippen LogP contribution < -0.4 is 5.32 Å². The van der Waals surface area contributed by atoms with Crippen molar-refractivity contribution in [2.75, 3.05) is 11.9 Å². The molecular weight excluding hydrogens is 410 g/mol. The highest BCUT2D eigenvalue weighted by Crippen LogP contribution is 2.31. The van der Waals surface area contributed by atoms with Gasteiger partial charge in [0.2, 0.25) is 0 Å². The number of thiophene rings is 1. The third-order valence-electron chi connectivity index (χ3n) is 1.78. The van der Waals surface area contributed by atoms with E-state index in [2.05, 4.69) is 60.0 Å². The molecule has 0 saturated heterocycles. The van der Waals surface area contributed by atoms with Gasteiger partial charge in [-0.25, -0.2) is 0 Å². The lowest BCUT2D eigenvalue weighted by Crippen LogP contribution is -2.28. The Kier molecular flexibility index (Phi) is 5.81. The summed E-state index contributed by atoms with van der Waals surface area (Å²) in [7, 11) is 0. The van der Waals surface area contributed by atoms with Crippen LogP contribution in [0.25, 0.3) is 0 Å². The number of carbonyl (C=O) groups excluding carboxylic acids is 1. The summed E-state index contributed by atoms with van der Waals surface area (Å²) in [6, 6.07) is 1.82. The van der Waals surface area contributed by atoms with E-state index in [1.54, 1.807) is 0 Å². The zero-order valence-corrected chi connectivity index (χ0v) is 13.6. The summed E-state index contributed by atoms with van der Waals surface area (Å²) in [4.78, 5) is 11.7. The fourth-order valence-corrected chi connectivity index (χ4v) is 3.93. The SMILES string of the molecule is CC(CBr)CNC(=O)c1cc(Br)sc1Br. The molecule has 1 N–H and O–H groups in total. The predicted octanol–water partition coefficient (Wildman–Crippen LogP) is 4.03. The van der Waals surface area contributed by atoms with Crippen molar-refractivity contribution >= 4 is 65.0 Å². The average molecular weight is 420 g/mol. The molecule has 2 nitrogen and oxygen atoms in total. The molecule has 0 radical (unpaired) electrons.